The maximum Gasteiger partial charge on any atom is 0.407 e. The van der Waals surface area contributed by atoms with Gasteiger partial charge in [-0.1, -0.05) is 0 Å². The third-order valence-corrected chi connectivity index (χ3v) is 5.64. The Kier molecular flexibility index (Phi) is 5.41. The van der Waals surface area contributed by atoms with E-state index in [1.807, 2.05) is 20.8 Å². The number of alkyl carbamates (subject to hydrolysis) is 1. The number of ether oxygens (including phenoxy) is 1. The van der Waals surface area contributed by atoms with Crippen LogP contribution in [-0.4, -0.2) is 48.5 Å². The molecule has 1 aromatic heterocycles. The minimum absolute atomic E-state index is 0.0197. The van der Waals surface area contributed by atoms with E-state index in [-0.39, 0.29) is 18.0 Å². The number of hydrogen-bond donors (Lipinski definition) is 2. The van der Waals surface area contributed by atoms with Crippen molar-refractivity contribution in [3.8, 4) is 0 Å². The molecule has 1 atom stereocenters. The molecule has 0 aliphatic carbocycles. The molecule has 1 fully saturated rings. The highest BCUT2D eigenvalue weighted by molar-refractivity contribution is 9.10. The molecule has 0 spiro atoms. The summed E-state index contributed by atoms with van der Waals surface area (Å²) in [5.74, 6) is 0. The average molecular weight is 422 g/mol. The van der Waals surface area contributed by atoms with Crippen LogP contribution in [0, 0.1) is 0 Å². The van der Waals surface area contributed by atoms with Gasteiger partial charge in [0, 0.05) is 22.8 Å². The summed E-state index contributed by atoms with van der Waals surface area (Å²) in [6, 6.07) is 1.26. The fourth-order valence-electron chi connectivity index (χ4n) is 2.27. The van der Waals surface area contributed by atoms with Crippen molar-refractivity contribution in [1.82, 2.24) is 14.6 Å². The van der Waals surface area contributed by atoms with Gasteiger partial charge in [0.05, 0.1) is 6.54 Å². The van der Waals surface area contributed by atoms with Crippen molar-refractivity contribution >= 4 is 32.0 Å². The van der Waals surface area contributed by atoms with Gasteiger partial charge in [-0.15, -0.1) is 0 Å². The smallest absolute Gasteiger partial charge is 0.407 e. The van der Waals surface area contributed by atoms with Crippen LogP contribution in [0.4, 0.5) is 4.79 Å². The predicted molar refractivity (Wildman–Crippen MR) is 91.3 cm³/mol. The van der Waals surface area contributed by atoms with Crippen molar-refractivity contribution in [1.29, 1.82) is 0 Å². The van der Waals surface area contributed by atoms with E-state index in [2.05, 4.69) is 26.2 Å². The molecule has 10 heteroatoms. The van der Waals surface area contributed by atoms with Crippen molar-refractivity contribution in [2.75, 3.05) is 13.1 Å². The van der Waals surface area contributed by atoms with Crippen molar-refractivity contribution in [2.45, 2.75) is 43.7 Å². The Bertz CT molecular complexity index is 784. The van der Waals surface area contributed by atoms with Gasteiger partial charge >= 0.3 is 6.09 Å². The minimum Gasteiger partial charge on any atom is -0.445 e. The van der Waals surface area contributed by atoms with Crippen molar-refractivity contribution in [2.24, 2.45) is 0 Å². The lowest BCUT2D eigenvalue weighted by atomic mass is 10.1. The number of rotatable bonds is 3. The molecule has 2 N–H and O–H groups in total. The summed E-state index contributed by atoms with van der Waals surface area (Å²) in [6.45, 7) is 5.66. The van der Waals surface area contributed by atoms with Crippen LogP contribution in [-0.2, 0) is 14.8 Å². The quantitative estimate of drug-likeness (QED) is 0.766. The molecule has 0 radical (unpaired) electrons. The van der Waals surface area contributed by atoms with Crippen LogP contribution in [0.3, 0.4) is 0 Å². The number of H-pyrrole nitrogens is 1. The van der Waals surface area contributed by atoms with Gasteiger partial charge in [-0.05, 0) is 49.2 Å². The van der Waals surface area contributed by atoms with Crippen LogP contribution in [0.2, 0.25) is 0 Å². The molecule has 1 aromatic rings. The molecule has 1 aliphatic heterocycles. The molecule has 0 saturated carbocycles. The highest BCUT2D eigenvalue weighted by Gasteiger charge is 2.36. The molecular weight excluding hydrogens is 402 g/mol. The number of nitrogens with one attached hydrogen (secondary N) is 2. The minimum atomic E-state index is -3.95. The summed E-state index contributed by atoms with van der Waals surface area (Å²) in [6.07, 6.45) is 0.608. The normalized spacial score (nSPS) is 19.2. The fourth-order valence-corrected chi connectivity index (χ4v) is 4.32. The first-order valence-electron chi connectivity index (χ1n) is 7.36. The summed E-state index contributed by atoms with van der Waals surface area (Å²) >= 11 is 3.14. The van der Waals surface area contributed by atoms with Gasteiger partial charge in [0.2, 0.25) is 10.0 Å². The van der Waals surface area contributed by atoms with E-state index in [1.54, 1.807) is 0 Å². The average Bonchev–Trinajstić information content (AvgIpc) is 2.88. The Morgan fingerprint density at radius 2 is 2.12 bits per heavy atom. The molecule has 8 nitrogen and oxygen atoms in total. The number of halogens is 1. The number of carbonyl (C=O) groups excluding carboxylic acids is 1. The first kappa shape index (κ1) is 18.9. The van der Waals surface area contributed by atoms with E-state index in [1.165, 1.54) is 12.3 Å². The summed E-state index contributed by atoms with van der Waals surface area (Å²) < 4.78 is 32.1. The number of aromatic nitrogens is 1. The Morgan fingerprint density at radius 1 is 1.46 bits per heavy atom. The Labute approximate surface area is 148 Å². The Hall–Kier alpha value is -1.39. The van der Waals surface area contributed by atoms with E-state index < -0.39 is 33.3 Å². The molecular formula is C14H20BrN3O5S. The first-order chi connectivity index (χ1) is 11.0. The lowest BCUT2D eigenvalue weighted by Crippen LogP contribution is -2.42. The lowest BCUT2D eigenvalue weighted by Gasteiger charge is -2.22. The van der Waals surface area contributed by atoms with Gasteiger partial charge in [-0.3, -0.25) is 4.79 Å². The number of hydrogen-bond acceptors (Lipinski definition) is 5. The summed E-state index contributed by atoms with van der Waals surface area (Å²) in [5, 5.41) is 2.66. The predicted octanol–water partition coefficient (Wildman–Crippen LogP) is 1.43. The van der Waals surface area contributed by atoms with E-state index in [0.717, 1.165) is 4.31 Å². The van der Waals surface area contributed by atoms with Crippen LogP contribution in [0.25, 0.3) is 0 Å². The number of sulfonamides is 1. The van der Waals surface area contributed by atoms with Gasteiger partial charge in [0.15, 0.2) is 0 Å². The third-order valence-electron chi connectivity index (χ3n) is 3.31. The molecule has 2 rings (SSSR count). The van der Waals surface area contributed by atoms with Crippen molar-refractivity contribution < 1.29 is 17.9 Å². The van der Waals surface area contributed by atoms with E-state index in [0.29, 0.717) is 10.9 Å². The summed E-state index contributed by atoms with van der Waals surface area (Å²) in [4.78, 5) is 25.6. The van der Waals surface area contributed by atoms with Crippen molar-refractivity contribution in [3.05, 3.63) is 27.1 Å². The molecule has 0 bridgehead atoms. The Balaban J connectivity index is 2.08. The van der Waals surface area contributed by atoms with Crippen LogP contribution < -0.4 is 10.9 Å². The summed E-state index contributed by atoms with van der Waals surface area (Å²) in [7, 11) is -3.95. The van der Waals surface area contributed by atoms with Crippen LogP contribution in [0.15, 0.2) is 26.4 Å². The van der Waals surface area contributed by atoms with Crippen LogP contribution in [0.5, 0.6) is 0 Å². The highest BCUT2D eigenvalue weighted by atomic mass is 79.9. The van der Waals surface area contributed by atoms with Crippen LogP contribution in [0.1, 0.15) is 27.2 Å². The zero-order valence-corrected chi connectivity index (χ0v) is 16.0. The number of carbonyl (C=O) groups is 1. The molecule has 0 aromatic carbocycles. The van der Waals surface area contributed by atoms with E-state index >= 15 is 0 Å². The maximum atomic E-state index is 12.6. The maximum absolute atomic E-state index is 12.6. The van der Waals surface area contributed by atoms with Gasteiger partial charge in [-0.2, -0.15) is 4.31 Å². The van der Waals surface area contributed by atoms with Gasteiger partial charge < -0.3 is 15.0 Å². The summed E-state index contributed by atoms with van der Waals surface area (Å²) in [5.41, 5.74) is -1.13. The highest BCUT2D eigenvalue weighted by Crippen LogP contribution is 2.22. The number of nitrogens with zero attached hydrogens (tertiary/aromatic N) is 1. The second-order valence-electron chi connectivity index (χ2n) is 6.57. The topological polar surface area (TPSA) is 109 Å². The molecule has 24 heavy (non-hydrogen) atoms. The Morgan fingerprint density at radius 3 is 2.75 bits per heavy atom. The second kappa shape index (κ2) is 6.85. The number of amides is 1. The zero-order valence-electron chi connectivity index (χ0n) is 13.6. The van der Waals surface area contributed by atoms with Crippen molar-refractivity contribution in [3.63, 3.8) is 0 Å². The monoisotopic (exact) mass is 421 g/mol. The van der Waals surface area contributed by atoms with E-state index in [9.17, 15) is 18.0 Å². The largest absolute Gasteiger partial charge is 0.445 e. The van der Waals surface area contributed by atoms with Crippen LogP contribution >= 0.6 is 15.9 Å². The van der Waals surface area contributed by atoms with E-state index in [4.69, 9.17) is 4.74 Å². The molecule has 2 heterocycles. The molecule has 1 saturated heterocycles. The second-order valence-corrected chi connectivity index (χ2v) is 9.39. The van der Waals surface area contributed by atoms with Gasteiger partial charge in [0.1, 0.15) is 11.0 Å². The standard InChI is InChI=1S/C14H20BrN3O5S/c1-14(2,3)17-13(20)23-10-4-5-18(8-10)24(21,22)11-6-9(15)7-16-12(11)19/h6-7,10H,4-5,8H2,1-3H3,(H,16,19)(H,17,20)/t10-/m0/s1. The fraction of sp³-hybridized carbons (Fsp3) is 0.571. The number of aromatic amines is 1. The first-order valence-corrected chi connectivity index (χ1v) is 9.59. The third kappa shape index (κ3) is 4.58. The molecule has 1 amide bonds. The zero-order chi connectivity index (χ0) is 18.1. The molecule has 1 aliphatic rings. The van der Waals surface area contributed by atoms with Gasteiger partial charge in [0.25, 0.3) is 5.56 Å². The van der Waals surface area contributed by atoms with Gasteiger partial charge in [-0.25, -0.2) is 13.2 Å². The SMILES string of the molecule is CC(C)(C)NC(=O)O[C@H]1CCN(S(=O)(=O)c2cc(Br)c[nH]c2=O)C1. The lowest BCUT2D eigenvalue weighted by molar-refractivity contribution is 0.0978. The molecule has 134 valence electrons. The molecule has 0 unspecified atom stereocenters. The number of pyridine rings is 1.